The van der Waals surface area contributed by atoms with Crippen molar-refractivity contribution in [3.63, 3.8) is 0 Å². The number of carbonyl (C=O) groups excluding carboxylic acids is 1. The second-order valence-corrected chi connectivity index (χ2v) is 9.70. The zero-order valence-corrected chi connectivity index (χ0v) is 24.2. The van der Waals surface area contributed by atoms with E-state index in [2.05, 4.69) is 21.1 Å². The lowest BCUT2D eigenvalue weighted by Crippen LogP contribution is -2.49. The smallest absolute Gasteiger partial charge is 0.433 e. The molecule has 2 aromatic carbocycles. The minimum Gasteiger partial charge on any atom is -0.497 e. The van der Waals surface area contributed by atoms with E-state index in [9.17, 15) is 23.2 Å². The molecule has 1 amide bonds. The molecule has 220 valence electrons. The van der Waals surface area contributed by atoms with Gasteiger partial charge in [0.25, 0.3) is 5.91 Å². The van der Waals surface area contributed by atoms with Gasteiger partial charge in [-0.3, -0.25) is 9.69 Å². The quantitative estimate of drug-likeness (QED) is 0.282. The number of piperazine rings is 1. The summed E-state index contributed by atoms with van der Waals surface area (Å²) in [5.74, 6) is 0.143. The topological polar surface area (TPSA) is 86.8 Å². The average Bonchev–Trinajstić information content (AvgIpc) is 3.43. The fourth-order valence-corrected chi connectivity index (χ4v) is 5.15. The van der Waals surface area contributed by atoms with Gasteiger partial charge in [-0.05, 0) is 55.8 Å². The Labute approximate surface area is 242 Å². The van der Waals surface area contributed by atoms with Crippen LogP contribution in [0.1, 0.15) is 59.6 Å². The zero-order valence-electron chi connectivity index (χ0n) is 24.2. The number of carbonyl (C=O) groups is 1. The molecule has 0 radical (unpaired) electrons. The number of hydrogen-bond acceptors (Lipinski definition) is 6. The molecular formula is C31H33F3N6O2. The molecule has 0 unspecified atom stereocenters. The van der Waals surface area contributed by atoms with E-state index in [1.165, 1.54) is 20.2 Å². The maximum atomic E-state index is 14.2. The highest BCUT2D eigenvalue weighted by Gasteiger charge is 2.39. The minimum absolute atomic E-state index is 0.0171. The third-order valence-electron chi connectivity index (χ3n) is 7.39. The Morgan fingerprint density at radius 1 is 1.07 bits per heavy atom. The number of alkyl halides is 3. The minimum atomic E-state index is -4.72. The number of ether oxygens (including phenoxy) is 1. The number of methoxy groups -OCH3 is 1. The Morgan fingerprint density at radius 3 is 2.33 bits per heavy atom. The Bertz CT molecular complexity index is 1600. The molecule has 42 heavy (non-hydrogen) atoms. The van der Waals surface area contributed by atoms with Crippen molar-refractivity contribution in [1.82, 2.24) is 24.4 Å². The summed E-state index contributed by atoms with van der Waals surface area (Å²) in [4.78, 5) is 21.9. The summed E-state index contributed by atoms with van der Waals surface area (Å²) >= 11 is 0. The van der Waals surface area contributed by atoms with Gasteiger partial charge in [-0.15, -0.1) is 0 Å². The summed E-state index contributed by atoms with van der Waals surface area (Å²) in [6, 6.07) is 16.2. The van der Waals surface area contributed by atoms with E-state index in [1.54, 1.807) is 35.2 Å². The van der Waals surface area contributed by atoms with Crippen molar-refractivity contribution < 1.29 is 22.7 Å². The van der Waals surface area contributed by atoms with Crippen LogP contribution in [0.15, 0.2) is 54.7 Å². The van der Waals surface area contributed by atoms with Crippen LogP contribution in [0, 0.1) is 18.3 Å². The molecule has 5 rings (SSSR count). The van der Waals surface area contributed by atoms with Crippen LogP contribution < -0.4 is 4.74 Å². The highest BCUT2D eigenvalue weighted by Crippen LogP contribution is 2.37. The number of nitriles is 1. The lowest BCUT2D eigenvalue weighted by Gasteiger charge is -2.38. The van der Waals surface area contributed by atoms with Gasteiger partial charge in [0.15, 0.2) is 11.3 Å². The van der Waals surface area contributed by atoms with Gasteiger partial charge < -0.3 is 9.64 Å². The Morgan fingerprint density at radius 2 is 1.74 bits per heavy atom. The van der Waals surface area contributed by atoms with E-state index in [0.717, 1.165) is 10.1 Å². The summed E-state index contributed by atoms with van der Waals surface area (Å²) in [6.07, 6.45) is -3.55. The third kappa shape index (κ3) is 5.94. The van der Waals surface area contributed by atoms with Crippen LogP contribution in [-0.2, 0) is 6.18 Å². The summed E-state index contributed by atoms with van der Waals surface area (Å²) < 4.78 is 48.6. The molecule has 0 spiro atoms. The van der Waals surface area contributed by atoms with E-state index in [-0.39, 0.29) is 28.5 Å². The van der Waals surface area contributed by atoms with Crippen molar-refractivity contribution in [3.8, 4) is 23.1 Å². The molecule has 0 N–H and O–H groups in total. The van der Waals surface area contributed by atoms with E-state index >= 15 is 0 Å². The molecule has 11 heteroatoms. The lowest BCUT2D eigenvalue weighted by atomic mass is 10.0. The molecule has 8 nitrogen and oxygen atoms in total. The van der Waals surface area contributed by atoms with Gasteiger partial charge in [0.05, 0.1) is 30.6 Å². The second kappa shape index (κ2) is 12.6. The lowest BCUT2D eigenvalue weighted by molar-refractivity contribution is -0.143. The molecular weight excluding hydrogens is 545 g/mol. The molecule has 3 heterocycles. The van der Waals surface area contributed by atoms with Crippen molar-refractivity contribution in [2.75, 3.05) is 33.3 Å². The molecule has 1 aliphatic rings. The van der Waals surface area contributed by atoms with E-state index in [4.69, 9.17) is 4.74 Å². The third-order valence-corrected chi connectivity index (χ3v) is 7.39. The molecule has 1 saturated heterocycles. The number of aromatic nitrogens is 3. The summed E-state index contributed by atoms with van der Waals surface area (Å²) in [5.41, 5.74) is 0.995. The molecule has 0 saturated carbocycles. The zero-order chi connectivity index (χ0) is 30.6. The Balaban J connectivity index is 0.00000198. The van der Waals surface area contributed by atoms with Gasteiger partial charge in [-0.1, -0.05) is 26.0 Å². The molecule has 0 bridgehead atoms. The predicted octanol–water partition coefficient (Wildman–Crippen LogP) is 6.15. The fraction of sp³-hybridized carbons (Fsp3) is 0.355. The van der Waals surface area contributed by atoms with E-state index in [0.29, 0.717) is 43.1 Å². The molecule has 1 fully saturated rings. The standard InChI is InChI=1S/C29H27F3N6O2.C2H6/c1-18-25(21-7-9-23(40-3)10-8-21)35-27-24(17-34-38(27)26(18)29(30,31)32)28(39)37-13-11-36(12-14-37)19(2)22-6-4-5-20(15-22)16-33;1-2/h4-10,15,17,19H,11-14H2,1-3H3;1-2H3/t19-;/m0./s1. The molecule has 1 aliphatic heterocycles. The maximum absolute atomic E-state index is 14.2. The number of amides is 1. The van der Waals surface area contributed by atoms with Gasteiger partial charge in [-0.25, -0.2) is 9.50 Å². The van der Waals surface area contributed by atoms with Gasteiger partial charge in [-0.2, -0.15) is 23.5 Å². The van der Waals surface area contributed by atoms with Crippen molar-refractivity contribution in [2.24, 2.45) is 0 Å². The molecule has 4 aromatic rings. The summed E-state index contributed by atoms with van der Waals surface area (Å²) in [5, 5.41) is 13.2. The fourth-order valence-electron chi connectivity index (χ4n) is 5.15. The first kappa shape index (κ1) is 30.5. The number of benzene rings is 2. The highest BCUT2D eigenvalue weighted by atomic mass is 19.4. The SMILES string of the molecule is CC.COc1ccc(-c2nc3c(C(=O)N4CCN([C@@H](C)c5cccc(C#N)c5)CC4)cnn3c(C(F)(F)F)c2C)cc1. The van der Waals surface area contributed by atoms with Crippen LogP contribution >= 0.6 is 0 Å². The number of halogens is 3. The van der Waals surface area contributed by atoms with Crippen molar-refractivity contribution in [1.29, 1.82) is 5.26 Å². The van der Waals surface area contributed by atoms with E-state index < -0.39 is 17.8 Å². The van der Waals surface area contributed by atoms with Gasteiger partial charge in [0, 0.05) is 43.3 Å². The maximum Gasteiger partial charge on any atom is 0.433 e. The molecule has 0 aliphatic carbocycles. The number of rotatable bonds is 5. The second-order valence-electron chi connectivity index (χ2n) is 9.70. The first-order valence-electron chi connectivity index (χ1n) is 13.8. The van der Waals surface area contributed by atoms with Crippen molar-refractivity contribution in [3.05, 3.63) is 82.7 Å². The van der Waals surface area contributed by atoms with Crippen LogP contribution in [0.3, 0.4) is 0 Å². The van der Waals surface area contributed by atoms with Crippen molar-refractivity contribution in [2.45, 2.75) is 39.9 Å². The van der Waals surface area contributed by atoms with Crippen LogP contribution in [0.2, 0.25) is 0 Å². The monoisotopic (exact) mass is 578 g/mol. The average molecular weight is 579 g/mol. The summed E-state index contributed by atoms with van der Waals surface area (Å²) in [7, 11) is 1.50. The Hall–Kier alpha value is -4.43. The van der Waals surface area contributed by atoms with E-state index in [1.807, 2.05) is 39.0 Å². The first-order chi connectivity index (χ1) is 20.1. The Kier molecular flexibility index (Phi) is 9.17. The van der Waals surface area contributed by atoms with Gasteiger partial charge >= 0.3 is 6.18 Å². The van der Waals surface area contributed by atoms with Crippen LogP contribution in [0.4, 0.5) is 13.2 Å². The number of fused-ring (bicyclic) bond motifs is 1. The van der Waals surface area contributed by atoms with Crippen LogP contribution in [0.5, 0.6) is 5.75 Å². The van der Waals surface area contributed by atoms with Crippen LogP contribution in [-0.4, -0.2) is 63.6 Å². The summed E-state index contributed by atoms with van der Waals surface area (Å²) in [6.45, 7) is 9.32. The number of hydrogen-bond donors (Lipinski definition) is 0. The predicted molar refractivity (Wildman–Crippen MR) is 153 cm³/mol. The van der Waals surface area contributed by atoms with Gasteiger partial charge in [0.2, 0.25) is 0 Å². The molecule has 2 aromatic heterocycles. The van der Waals surface area contributed by atoms with Crippen molar-refractivity contribution >= 4 is 11.6 Å². The normalized spacial score (nSPS) is 14.6. The first-order valence-corrected chi connectivity index (χ1v) is 13.8. The highest BCUT2D eigenvalue weighted by molar-refractivity contribution is 6.00. The van der Waals surface area contributed by atoms with Crippen LogP contribution in [0.25, 0.3) is 16.9 Å². The number of nitrogens with zero attached hydrogens (tertiary/aromatic N) is 6. The largest absolute Gasteiger partial charge is 0.497 e. The molecule has 1 atom stereocenters. The van der Waals surface area contributed by atoms with Gasteiger partial charge in [0.1, 0.15) is 11.3 Å².